The van der Waals surface area contributed by atoms with Crippen LogP contribution in [0.3, 0.4) is 0 Å². The maximum absolute atomic E-state index is 12.2. The fourth-order valence-electron chi connectivity index (χ4n) is 2.60. The van der Waals surface area contributed by atoms with Gasteiger partial charge in [0.1, 0.15) is 5.01 Å². The molecule has 6 heteroatoms. The molecule has 2 amide bonds. The van der Waals surface area contributed by atoms with Gasteiger partial charge < -0.3 is 15.0 Å². The van der Waals surface area contributed by atoms with Crippen molar-refractivity contribution in [3.63, 3.8) is 0 Å². The number of benzene rings is 1. The van der Waals surface area contributed by atoms with Crippen LogP contribution < -0.4 is 5.32 Å². The smallest absolute Gasteiger partial charge is 0.317 e. The number of fused-ring (bicyclic) bond motifs is 1. The first kappa shape index (κ1) is 14.3. The predicted octanol–water partition coefficient (Wildman–Crippen LogP) is 2.62. The molecule has 2 atom stereocenters. The second-order valence-electron chi connectivity index (χ2n) is 5.40. The first-order chi connectivity index (χ1) is 10.1. The summed E-state index contributed by atoms with van der Waals surface area (Å²) in [4.78, 5) is 18.5. The van der Waals surface area contributed by atoms with E-state index < -0.39 is 0 Å². The van der Waals surface area contributed by atoms with Crippen molar-refractivity contribution in [1.29, 1.82) is 0 Å². The summed E-state index contributed by atoms with van der Waals surface area (Å²) < 4.78 is 6.79. The lowest BCUT2D eigenvalue weighted by Crippen LogP contribution is -2.51. The summed E-state index contributed by atoms with van der Waals surface area (Å²) in [6, 6.07) is 7.96. The lowest BCUT2D eigenvalue weighted by atomic mass is 10.2. The Bertz CT molecular complexity index is 600. The molecule has 2 aromatic rings. The molecule has 0 spiro atoms. The van der Waals surface area contributed by atoms with E-state index in [4.69, 9.17) is 4.74 Å². The van der Waals surface area contributed by atoms with Crippen LogP contribution in [-0.4, -0.2) is 41.2 Å². The summed E-state index contributed by atoms with van der Waals surface area (Å²) in [5.74, 6) is 0. The quantitative estimate of drug-likeness (QED) is 0.928. The van der Waals surface area contributed by atoms with Crippen LogP contribution in [0.1, 0.15) is 18.9 Å². The van der Waals surface area contributed by atoms with Crippen LogP contribution in [0.5, 0.6) is 0 Å². The van der Waals surface area contributed by atoms with Crippen LogP contribution in [0.15, 0.2) is 24.3 Å². The van der Waals surface area contributed by atoms with Crippen molar-refractivity contribution in [2.45, 2.75) is 32.6 Å². The summed E-state index contributed by atoms with van der Waals surface area (Å²) in [5, 5.41) is 3.88. The number of para-hydroxylation sites is 1. The van der Waals surface area contributed by atoms with E-state index in [-0.39, 0.29) is 18.2 Å². The molecule has 1 aliphatic heterocycles. The van der Waals surface area contributed by atoms with Gasteiger partial charge in [0.15, 0.2) is 0 Å². The summed E-state index contributed by atoms with van der Waals surface area (Å²) >= 11 is 1.62. The number of aromatic nitrogens is 1. The minimum Gasteiger partial charge on any atom is -0.372 e. The van der Waals surface area contributed by atoms with Crippen LogP contribution >= 0.6 is 11.3 Å². The minimum atomic E-state index is -0.0451. The number of nitrogens with zero attached hydrogens (tertiary/aromatic N) is 2. The average molecular weight is 305 g/mol. The summed E-state index contributed by atoms with van der Waals surface area (Å²) in [6.07, 6.45) is 0.170. The van der Waals surface area contributed by atoms with Crippen molar-refractivity contribution < 1.29 is 9.53 Å². The third-order valence-electron chi connectivity index (χ3n) is 3.44. The van der Waals surface area contributed by atoms with Crippen LogP contribution in [0, 0.1) is 0 Å². The number of carbonyl (C=O) groups is 1. The Kier molecular flexibility index (Phi) is 4.07. The van der Waals surface area contributed by atoms with E-state index in [1.165, 1.54) is 0 Å². The highest BCUT2D eigenvalue weighted by molar-refractivity contribution is 7.18. The van der Waals surface area contributed by atoms with Crippen LogP contribution in [0.25, 0.3) is 10.2 Å². The zero-order chi connectivity index (χ0) is 14.8. The van der Waals surface area contributed by atoms with E-state index in [1.807, 2.05) is 43.0 Å². The van der Waals surface area contributed by atoms with Crippen molar-refractivity contribution in [3.8, 4) is 0 Å². The Morgan fingerprint density at radius 1 is 1.38 bits per heavy atom. The van der Waals surface area contributed by atoms with Crippen molar-refractivity contribution in [1.82, 2.24) is 15.2 Å². The maximum Gasteiger partial charge on any atom is 0.317 e. The van der Waals surface area contributed by atoms with Gasteiger partial charge in [-0.15, -0.1) is 11.3 Å². The molecule has 5 nitrogen and oxygen atoms in total. The van der Waals surface area contributed by atoms with Crippen molar-refractivity contribution in [3.05, 3.63) is 29.3 Å². The molecule has 1 aromatic heterocycles. The molecule has 0 bridgehead atoms. The number of carbonyl (C=O) groups excluding carboxylic acids is 1. The Morgan fingerprint density at radius 2 is 2.10 bits per heavy atom. The molecular formula is C15H19N3O2S. The first-order valence-electron chi connectivity index (χ1n) is 7.14. The maximum atomic E-state index is 12.2. The van der Waals surface area contributed by atoms with E-state index in [0.717, 1.165) is 15.2 Å². The number of hydrogen-bond donors (Lipinski definition) is 1. The number of rotatable bonds is 2. The fourth-order valence-corrected chi connectivity index (χ4v) is 3.51. The molecule has 1 fully saturated rings. The van der Waals surface area contributed by atoms with Gasteiger partial charge in [0.2, 0.25) is 0 Å². The Hall–Kier alpha value is -1.66. The number of hydrogen-bond acceptors (Lipinski definition) is 4. The highest BCUT2D eigenvalue weighted by Gasteiger charge is 2.25. The monoisotopic (exact) mass is 305 g/mol. The van der Waals surface area contributed by atoms with E-state index in [2.05, 4.69) is 10.3 Å². The first-order valence-corrected chi connectivity index (χ1v) is 7.96. The molecule has 1 aromatic carbocycles. The van der Waals surface area contributed by atoms with Gasteiger partial charge in [0.05, 0.1) is 29.0 Å². The van der Waals surface area contributed by atoms with Gasteiger partial charge in [0, 0.05) is 13.1 Å². The number of ether oxygens (including phenoxy) is 1. The normalized spacial score (nSPS) is 22.5. The zero-order valence-corrected chi connectivity index (χ0v) is 13.0. The summed E-state index contributed by atoms with van der Waals surface area (Å²) in [6.45, 7) is 5.72. The van der Waals surface area contributed by atoms with E-state index >= 15 is 0 Å². The van der Waals surface area contributed by atoms with Gasteiger partial charge in [0.25, 0.3) is 0 Å². The van der Waals surface area contributed by atoms with Crippen LogP contribution in [-0.2, 0) is 11.3 Å². The van der Waals surface area contributed by atoms with Gasteiger partial charge in [-0.1, -0.05) is 12.1 Å². The molecule has 1 saturated heterocycles. The lowest BCUT2D eigenvalue weighted by Gasteiger charge is -2.35. The van der Waals surface area contributed by atoms with E-state index in [9.17, 15) is 4.79 Å². The second-order valence-corrected chi connectivity index (χ2v) is 6.51. The Labute approximate surface area is 127 Å². The summed E-state index contributed by atoms with van der Waals surface area (Å²) in [7, 11) is 0. The third-order valence-corrected chi connectivity index (χ3v) is 4.47. The van der Waals surface area contributed by atoms with E-state index in [1.54, 1.807) is 11.3 Å². The van der Waals surface area contributed by atoms with Crippen LogP contribution in [0.2, 0.25) is 0 Å². The molecule has 21 heavy (non-hydrogen) atoms. The fraction of sp³-hybridized carbons (Fsp3) is 0.467. The average Bonchev–Trinajstić information content (AvgIpc) is 2.86. The number of morpholine rings is 1. The number of amides is 2. The lowest BCUT2D eigenvalue weighted by molar-refractivity contribution is -0.0545. The molecule has 0 saturated carbocycles. The molecule has 1 aliphatic rings. The molecular weight excluding hydrogens is 286 g/mol. The highest BCUT2D eigenvalue weighted by atomic mass is 32.1. The van der Waals surface area contributed by atoms with Crippen LogP contribution in [0.4, 0.5) is 4.79 Å². The Balaban J connectivity index is 1.60. The molecule has 1 N–H and O–H groups in total. The molecule has 0 aliphatic carbocycles. The van der Waals surface area contributed by atoms with Gasteiger partial charge in [-0.05, 0) is 26.0 Å². The predicted molar refractivity (Wildman–Crippen MR) is 83.4 cm³/mol. The van der Waals surface area contributed by atoms with Crippen molar-refractivity contribution in [2.24, 2.45) is 0 Å². The number of nitrogens with one attached hydrogen (secondary N) is 1. The second kappa shape index (κ2) is 5.99. The molecule has 2 heterocycles. The summed E-state index contributed by atoms with van der Waals surface area (Å²) in [5.41, 5.74) is 0.986. The number of thiazole rings is 1. The standard InChI is InChI=1S/C15H19N3O2S/c1-10-8-18(9-11(2)20-10)15(19)16-7-14-17-12-5-3-4-6-13(12)21-14/h3-6,10-11H,7-9H2,1-2H3,(H,16,19)/t10-,11+. The van der Waals surface area contributed by atoms with Crippen molar-refractivity contribution >= 4 is 27.6 Å². The van der Waals surface area contributed by atoms with Gasteiger partial charge >= 0.3 is 6.03 Å². The molecule has 0 radical (unpaired) electrons. The largest absolute Gasteiger partial charge is 0.372 e. The highest BCUT2D eigenvalue weighted by Crippen LogP contribution is 2.21. The topological polar surface area (TPSA) is 54.5 Å². The van der Waals surface area contributed by atoms with E-state index in [0.29, 0.717) is 19.6 Å². The third kappa shape index (κ3) is 3.33. The minimum absolute atomic E-state index is 0.0451. The Morgan fingerprint density at radius 3 is 2.81 bits per heavy atom. The van der Waals surface area contributed by atoms with Crippen molar-refractivity contribution in [2.75, 3.05) is 13.1 Å². The SMILES string of the molecule is C[C@@H]1CN(C(=O)NCc2nc3ccccc3s2)C[C@H](C)O1. The van der Waals surface area contributed by atoms with Gasteiger partial charge in [-0.3, -0.25) is 0 Å². The zero-order valence-electron chi connectivity index (χ0n) is 12.2. The molecule has 0 unspecified atom stereocenters. The van der Waals surface area contributed by atoms with Gasteiger partial charge in [-0.25, -0.2) is 9.78 Å². The molecule has 112 valence electrons. The number of urea groups is 1. The van der Waals surface area contributed by atoms with Gasteiger partial charge in [-0.2, -0.15) is 0 Å². The molecule has 3 rings (SSSR count).